The second-order valence-corrected chi connectivity index (χ2v) is 5.73. The van der Waals surface area contributed by atoms with Gasteiger partial charge in [0.15, 0.2) is 11.5 Å². The number of carbonyl (C=O) groups excluding carboxylic acids is 1. The molecule has 0 aliphatic heterocycles. The molecule has 0 radical (unpaired) electrons. The lowest BCUT2D eigenvalue weighted by Gasteiger charge is -2.26. The highest BCUT2D eigenvalue weighted by Crippen LogP contribution is 2.30. The number of aromatic nitrogens is 2. The summed E-state index contributed by atoms with van der Waals surface area (Å²) in [5, 5.41) is 0. The Morgan fingerprint density at radius 2 is 1.90 bits per heavy atom. The number of hydrogen-bond acceptors (Lipinski definition) is 4. The van der Waals surface area contributed by atoms with Crippen LogP contribution in [0, 0.1) is 5.41 Å². The maximum atomic E-state index is 12.7. The molecule has 2 heterocycles. The van der Waals surface area contributed by atoms with E-state index in [0.717, 1.165) is 0 Å². The van der Waals surface area contributed by atoms with Crippen molar-refractivity contribution < 1.29 is 14.3 Å². The first-order valence-electron chi connectivity index (χ1n) is 6.76. The molecule has 2 aromatic heterocycles. The van der Waals surface area contributed by atoms with Crippen LogP contribution in [0.5, 0.6) is 11.6 Å². The van der Waals surface area contributed by atoms with Crippen molar-refractivity contribution >= 4 is 5.78 Å². The fourth-order valence-corrected chi connectivity index (χ4v) is 1.86. The normalized spacial score (nSPS) is 12.8. The van der Waals surface area contributed by atoms with Gasteiger partial charge in [-0.05, 0) is 24.3 Å². The van der Waals surface area contributed by atoms with Gasteiger partial charge < -0.3 is 14.0 Å². The lowest BCUT2D eigenvalue weighted by Crippen LogP contribution is -2.33. The van der Waals surface area contributed by atoms with Gasteiger partial charge in [-0.25, -0.2) is 4.98 Å². The number of pyridine rings is 1. The van der Waals surface area contributed by atoms with E-state index in [2.05, 4.69) is 4.98 Å². The molecule has 112 valence electrons. The molecule has 0 spiro atoms. The van der Waals surface area contributed by atoms with Gasteiger partial charge in [-0.1, -0.05) is 20.8 Å². The van der Waals surface area contributed by atoms with E-state index in [1.165, 1.54) is 7.11 Å². The van der Waals surface area contributed by atoms with Gasteiger partial charge in [-0.2, -0.15) is 0 Å². The molecule has 2 aromatic rings. The minimum atomic E-state index is -0.752. The second-order valence-electron chi connectivity index (χ2n) is 5.73. The van der Waals surface area contributed by atoms with E-state index < -0.39 is 11.6 Å². The Hall–Kier alpha value is -2.30. The van der Waals surface area contributed by atoms with Crippen molar-refractivity contribution in [2.24, 2.45) is 5.41 Å². The van der Waals surface area contributed by atoms with E-state index in [4.69, 9.17) is 9.47 Å². The van der Waals surface area contributed by atoms with Crippen LogP contribution in [0.2, 0.25) is 0 Å². The summed E-state index contributed by atoms with van der Waals surface area (Å²) < 4.78 is 12.8. The number of nitrogens with zero attached hydrogens (tertiary/aromatic N) is 2. The van der Waals surface area contributed by atoms with Gasteiger partial charge in [0.25, 0.3) is 5.88 Å². The quantitative estimate of drug-likeness (QED) is 0.848. The zero-order valence-electron chi connectivity index (χ0n) is 12.7. The Kier molecular flexibility index (Phi) is 4.31. The van der Waals surface area contributed by atoms with Crippen LogP contribution >= 0.6 is 0 Å². The van der Waals surface area contributed by atoms with Crippen molar-refractivity contribution in [3.8, 4) is 11.6 Å². The Labute approximate surface area is 124 Å². The zero-order valence-corrected chi connectivity index (χ0v) is 12.7. The highest BCUT2D eigenvalue weighted by atomic mass is 16.5. The van der Waals surface area contributed by atoms with Gasteiger partial charge in [0.1, 0.15) is 0 Å². The molecule has 2 rings (SSSR count). The topological polar surface area (TPSA) is 53.4 Å². The molecule has 0 saturated heterocycles. The minimum Gasteiger partial charge on any atom is -0.478 e. The van der Waals surface area contributed by atoms with E-state index in [1.807, 2.05) is 32.9 Å². The molecular weight excluding hydrogens is 268 g/mol. The SMILES string of the molecule is COc1ncccc1OC(C(=O)C(C)(C)C)n1cccc1. The Balaban J connectivity index is 2.35. The van der Waals surface area contributed by atoms with E-state index >= 15 is 0 Å². The molecule has 0 bridgehead atoms. The molecule has 1 unspecified atom stereocenters. The van der Waals surface area contributed by atoms with Crippen LogP contribution in [0.1, 0.15) is 27.0 Å². The first-order valence-corrected chi connectivity index (χ1v) is 6.76. The van der Waals surface area contributed by atoms with Crippen LogP contribution in [0.4, 0.5) is 0 Å². The summed E-state index contributed by atoms with van der Waals surface area (Å²) in [6.07, 6.45) is 4.47. The van der Waals surface area contributed by atoms with Crippen LogP contribution in [-0.2, 0) is 4.79 Å². The standard InChI is InChI=1S/C16H20N2O3/c1-16(2,3)13(19)15(18-10-5-6-11-18)21-12-8-7-9-17-14(12)20-4/h5-11,15H,1-4H3. The molecule has 0 aromatic carbocycles. The van der Waals surface area contributed by atoms with Gasteiger partial charge in [0.05, 0.1) is 7.11 Å². The Morgan fingerprint density at radius 1 is 1.24 bits per heavy atom. The van der Waals surface area contributed by atoms with E-state index in [0.29, 0.717) is 11.6 Å². The highest BCUT2D eigenvalue weighted by molar-refractivity contribution is 5.86. The maximum absolute atomic E-state index is 12.7. The van der Waals surface area contributed by atoms with Crippen molar-refractivity contribution in [3.63, 3.8) is 0 Å². The molecule has 0 aliphatic carbocycles. The second kappa shape index (κ2) is 5.99. The molecule has 0 aliphatic rings. The van der Waals surface area contributed by atoms with Gasteiger partial charge in [0, 0.05) is 24.0 Å². The van der Waals surface area contributed by atoms with Crippen LogP contribution in [0.15, 0.2) is 42.9 Å². The Bertz CT molecular complexity index is 600. The molecule has 0 saturated carbocycles. The summed E-state index contributed by atoms with van der Waals surface area (Å²) in [5.74, 6) is 0.775. The van der Waals surface area contributed by atoms with Crippen molar-refractivity contribution in [3.05, 3.63) is 42.9 Å². The average molecular weight is 288 g/mol. The summed E-state index contributed by atoms with van der Waals surface area (Å²) in [6.45, 7) is 5.61. The van der Waals surface area contributed by atoms with Crippen LogP contribution in [-0.4, -0.2) is 22.4 Å². The number of rotatable bonds is 5. The van der Waals surface area contributed by atoms with Crippen LogP contribution in [0.25, 0.3) is 0 Å². The summed E-state index contributed by atoms with van der Waals surface area (Å²) in [5.41, 5.74) is -0.523. The zero-order chi connectivity index (χ0) is 15.5. The third kappa shape index (κ3) is 3.42. The van der Waals surface area contributed by atoms with E-state index in [-0.39, 0.29) is 5.78 Å². The van der Waals surface area contributed by atoms with Crippen LogP contribution < -0.4 is 9.47 Å². The predicted molar refractivity (Wildman–Crippen MR) is 79.3 cm³/mol. The van der Waals surface area contributed by atoms with Crippen molar-refractivity contribution in [2.45, 2.75) is 27.0 Å². The lowest BCUT2D eigenvalue weighted by molar-refractivity contribution is -0.137. The number of Topliss-reactive ketones (excluding diaryl/α,β-unsaturated/α-hetero) is 1. The molecule has 5 heteroatoms. The molecular formula is C16H20N2O3. The molecule has 5 nitrogen and oxygen atoms in total. The largest absolute Gasteiger partial charge is 0.478 e. The van der Waals surface area contributed by atoms with Gasteiger partial charge in [0.2, 0.25) is 6.23 Å². The smallest absolute Gasteiger partial charge is 0.256 e. The van der Waals surface area contributed by atoms with Crippen molar-refractivity contribution in [1.82, 2.24) is 9.55 Å². The maximum Gasteiger partial charge on any atom is 0.256 e. The number of hydrogen-bond donors (Lipinski definition) is 0. The van der Waals surface area contributed by atoms with Crippen LogP contribution in [0.3, 0.4) is 0 Å². The van der Waals surface area contributed by atoms with Crippen molar-refractivity contribution in [1.29, 1.82) is 0 Å². The van der Waals surface area contributed by atoms with E-state index in [1.54, 1.807) is 35.3 Å². The third-order valence-corrected chi connectivity index (χ3v) is 3.03. The molecule has 0 N–H and O–H groups in total. The first kappa shape index (κ1) is 15.1. The fourth-order valence-electron chi connectivity index (χ4n) is 1.86. The molecule has 0 fully saturated rings. The Morgan fingerprint density at radius 3 is 2.48 bits per heavy atom. The van der Waals surface area contributed by atoms with Crippen molar-refractivity contribution in [2.75, 3.05) is 7.11 Å². The predicted octanol–water partition coefficient (Wildman–Crippen LogP) is 3.08. The first-order chi connectivity index (χ1) is 9.93. The monoisotopic (exact) mass is 288 g/mol. The molecule has 1 atom stereocenters. The summed E-state index contributed by atoms with van der Waals surface area (Å²) >= 11 is 0. The highest BCUT2D eigenvalue weighted by Gasteiger charge is 2.32. The van der Waals surface area contributed by atoms with E-state index in [9.17, 15) is 4.79 Å². The fraction of sp³-hybridized carbons (Fsp3) is 0.375. The van der Waals surface area contributed by atoms with Gasteiger partial charge in [-0.15, -0.1) is 0 Å². The third-order valence-electron chi connectivity index (χ3n) is 3.03. The summed E-state index contributed by atoms with van der Waals surface area (Å²) in [7, 11) is 1.52. The lowest BCUT2D eigenvalue weighted by atomic mass is 9.89. The number of methoxy groups -OCH3 is 1. The van der Waals surface area contributed by atoms with Gasteiger partial charge >= 0.3 is 0 Å². The molecule has 21 heavy (non-hydrogen) atoms. The average Bonchev–Trinajstić information content (AvgIpc) is 2.97. The molecule has 0 amide bonds. The summed E-state index contributed by atoms with van der Waals surface area (Å²) in [4.78, 5) is 16.7. The number of ketones is 1. The minimum absolute atomic E-state index is 0.0235. The van der Waals surface area contributed by atoms with Gasteiger partial charge in [-0.3, -0.25) is 4.79 Å². The summed E-state index contributed by atoms with van der Waals surface area (Å²) in [6, 6.07) is 7.18. The number of ether oxygens (including phenoxy) is 2. The number of carbonyl (C=O) groups is 1.